The van der Waals surface area contributed by atoms with E-state index in [0.717, 1.165) is 29.3 Å². The fourth-order valence-electron chi connectivity index (χ4n) is 3.14. The molecule has 2 aromatic heterocycles. The highest BCUT2D eigenvalue weighted by Crippen LogP contribution is 2.28. The van der Waals surface area contributed by atoms with Gasteiger partial charge in [-0.25, -0.2) is 4.68 Å². The lowest BCUT2D eigenvalue weighted by Gasteiger charge is -2.33. The molecule has 1 amide bonds. The third-order valence-electron chi connectivity index (χ3n) is 4.47. The van der Waals surface area contributed by atoms with Gasteiger partial charge in [-0.3, -0.25) is 4.79 Å². The van der Waals surface area contributed by atoms with Gasteiger partial charge in [0.2, 0.25) is 0 Å². The normalized spacial score (nSPS) is 17.6. The van der Waals surface area contributed by atoms with Crippen LogP contribution in [0.1, 0.15) is 17.4 Å². The fraction of sp³-hybridized carbons (Fsp3) is 0.263. The van der Waals surface area contributed by atoms with Gasteiger partial charge in [-0.05, 0) is 36.6 Å². The van der Waals surface area contributed by atoms with Crippen LogP contribution in [0.3, 0.4) is 0 Å². The summed E-state index contributed by atoms with van der Waals surface area (Å²) in [4.78, 5) is 16.0. The maximum atomic E-state index is 13.0. The number of carbonyl (C=O) groups is 1. The highest BCUT2D eigenvalue weighted by atomic mass is 32.1. The van der Waals surface area contributed by atoms with Gasteiger partial charge in [0.05, 0.1) is 16.3 Å². The maximum absolute atomic E-state index is 13.0. The summed E-state index contributed by atoms with van der Waals surface area (Å²) in [5.74, 6) is 0.00138. The van der Waals surface area contributed by atoms with Crippen LogP contribution in [0, 0.1) is 0 Å². The van der Waals surface area contributed by atoms with Crippen molar-refractivity contribution < 1.29 is 4.79 Å². The zero-order valence-corrected chi connectivity index (χ0v) is 14.9. The highest BCUT2D eigenvalue weighted by molar-refractivity contribution is 7.13. The summed E-state index contributed by atoms with van der Waals surface area (Å²) < 4.78 is 1.87. The minimum atomic E-state index is 0.00138. The lowest BCUT2D eigenvalue weighted by atomic mass is 10.2. The molecule has 1 aliphatic heterocycles. The van der Waals surface area contributed by atoms with E-state index in [1.807, 2.05) is 57.4 Å². The van der Waals surface area contributed by atoms with Gasteiger partial charge >= 0.3 is 0 Å². The first-order valence-corrected chi connectivity index (χ1v) is 9.33. The molecule has 3 heterocycles. The van der Waals surface area contributed by atoms with Gasteiger partial charge in [-0.15, -0.1) is 11.3 Å². The van der Waals surface area contributed by atoms with Gasteiger partial charge in [0.25, 0.3) is 5.91 Å². The summed E-state index contributed by atoms with van der Waals surface area (Å²) in [5.41, 5.74) is 2.41. The molecule has 0 bridgehead atoms. The second kappa shape index (κ2) is 6.82. The van der Waals surface area contributed by atoms with E-state index in [1.165, 1.54) is 0 Å². The van der Waals surface area contributed by atoms with E-state index < -0.39 is 0 Å². The predicted octanol–water partition coefficient (Wildman–Crippen LogP) is 3.03. The zero-order chi connectivity index (χ0) is 17.2. The van der Waals surface area contributed by atoms with Crippen molar-refractivity contribution in [1.29, 1.82) is 0 Å². The highest BCUT2D eigenvalue weighted by Gasteiger charge is 2.27. The second-order valence-electron chi connectivity index (χ2n) is 6.19. The summed E-state index contributed by atoms with van der Waals surface area (Å²) in [6.45, 7) is 4.43. The predicted molar refractivity (Wildman–Crippen MR) is 100 cm³/mol. The van der Waals surface area contributed by atoms with Crippen LogP contribution in [0.15, 0.2) is 53.9 Å². The molecule has 128 valence electrons. The Balaban J connectivity index is 1.76. The Hall–Kier alpha value is -2.44. The summed E-state index contributed by atoms with van der Waals surface area (Å²) >= 11 is 1.65. The van der Waals surface area contributed by atoms with Crippen molar-refractivity contribution in [1.82, 2.24) is 20.0 Å². The van der Waals surface area contributed by atoms with E-state index in [0.29, 0.717) is 12.2 Å². The number of piperazine rings is 1. The Kier molecular flexibility index (Phi) is 4.38. The Morgan fingerprint density at radius 3 is 2.80 bits per heavy atom. The molecular formula is C19H20N4OS. The molecule has 0 aliphatic carbocycles. The van der Waals surface area contributed by atoms with Gasteiger partial charge in [0, 0.05) is 25.7 Å². The third-order valence-corrected chi connectivity index (χ3v) is 5.36. The van der Waals surface area contributed by atoms with Crippen LogP contribution >= 0.6 is 11.3 Å². The molecule has 1 N–H and O–H groups in total. The minimum absolute atomic E-state index is 0.00138. The van der Waals surface area contributed by atoms with Gasteiger partial charge < -0.3 is 10.2 Å². The maximum Gasteiger partial charge on any atom is 0.274 e. The molecule has 1 saturated heterocycles. The van der Waals surface area contributed by atoms with Crippen molar-refractivity contribution in [2.75, 3.05) is 19.6 Å². The lowest BCUT2D eigenvalue weighted by Crippen LogP contribution is -2.52. The molecular weight excluding hydrogens is 332 g/mol. The zero-order valence-electron chi connectivity index (χ0n) is 14.1. The largest absolute Gasteiger partial charge is 0.332 e. The van der Waals surface area contributed by atoms with Crippen LogP contribution in [0.5, 0.6) is 0 Å². The van der Waals surface area contributed by atoms with Gasteiger partial charge in [-0.1, -0.05) is 24.3 Å². The smallest absolute Gasteiger partial charge is 0.274 e. The van der Waals surface area contributed by atoms with Gasteiger partial charge in [0.15, 0.2) is 5.69 Å². The van der Waals surface area contributed by atoms with Crippen LogP contribution < -0.4 is 5.32 Å². The summed E-state index contributed by atoms with van der Waals surface area (Å²) in [6, 6.07) is 16.1. The number of aromatic nitrogens is 2. The minimum Gasteiger partial charge on any atom is -0.332 e. The average Bonchev–Trinajstić information content (AvgIpc) is 3.32. The molecule has 0 saturated carbocycles. The Bertz CT molecular complexity index is 857. The van der Waals surface area contributed by atoms with Gasteiger partial charge in [-0.2, -0.15) is 5.10 Å². The number of hydrogen-bond donors (Lipinski definition) is 1. The Morgan fingerprint density at radius 1 is 1.24 bits per heavy atom. The van der Waals surface area contributed by atoms with Crippen LogP contribution in [0.25, 0.3) is 16.3 Å². The summed E-state index contributed by atoms with van der Waals surface area (Å²) in [7, 11) is 0. The van der Waals surface area contributed by atoms with Crippen LogP contribution in [-0.4, -0.2) is 46.3 Å². The molecule has 5 nitrogen and oxygen atoms in total. The molecule has 1 atom stereocenters. The molecule has 0 spiro atoms. The number of amides is 1. The number of rotatable bonds is 3. The Labute approximate surface area is 150 Å². The molecule has 25 heavy (non-hydrogen) atoms. The number of carbonyl (C=O) groups excluding carboxylic acids is 1. The van der Waals surface area contributed by atoms with Crippen molar-refractivity contribution in [3.63, 3.8) is 0 Å². The third kappa shape index (κ3) is 3.10. The quantitative estimate of drug-likeness (QED) is 0.788. The van der Waals surface area contributed by atoms with Crippen molar-refractivity contribution in [3.8, 4) is 16.3 Å². The first kappa shape index (κ1) is 16.1. The standard InChI is InChI=1S/C19H20N4OS/c1-14-13-20-9-10-22(14)19(24)16-12-17(18-8-5-11-25-18)23(21-16)15-6-3-2-4-7-15/h2-8,11-12,14,20H,9-10,13H2,1H3/t14-/m0/s1. The van der Waals surface area contributed by atoms with Crippen molar-refractivity contribution in [2.24, 2.45) is 0 Å². The first-order valence-electron chi connectivity index (χ1n) is 8.45. The number of benzene rings is 1. The summed E-state index contributed by atoms with van der Waals surface area (Å²) in [5, 5.41) is 10.0. The molecule has 0 radical (unpaired) electrons. The molecule has 6 heteroatoms. The van der Waals surface area contributed by atoms with E-state index in [9.17, 15) is 4.79 Å². The number of hydrogen-bond acceptors (Lipinski definition) is 4. The van der Waals surface area contributed by atoms with E-state index >= 15 is 0 Å². The van der Waals surface area contributed by atoms with E-state index in [-0.39, 0.29) is 11.9 Å². The van der Waals surface area contributed by atoms with Crippen LogP contribution in [0.4, 0.5) is 0 Å². The van der Waals surface area contributed by atoms with E-state index in [1.54, 1.807) is 11.3 Å². The summed E-state index contributed by atoms with van der Waals surface area (Å²) in [6.07, 6.45) is 0. The first-order chi connectivity index (χ1) is 12.2. The van der Waals surface area contributed by atoms with E-state index in [4.69, 9.17) is 0 Å². The van der Waals surface area contributed by atoms with Crippen LogP contribution in [0.2, 0.25) is 0 Å². The number of thiophene rings is 1. The fourth-order valence-corrected chi connectivity index (χ4v) is 3.87. The number of nitrogens with zero attached hydrogens (tertiary/aromatic N) is 3. The molecule has 4 rings (SSSR count). The molecule has 1 aliphatic rings. The molecule has 0 unspecified atom stereocenters. The average molecular weight is 352 g/mol. The van der Waals surface area contributed by atoms with Gasteiger partial charge in [0.1, 0.15) is 0 Å². The molecule has 3 aromatic rings. The monoisotopic (exact) mass is 352 g/mol. The van der Waals surface area contributed by atoms with Crippen LogP contribution in [-0.2, 0) is 0 Å². The van der Waals surface area contributed by atoms with E-state index in [2.05, 4.69) is 23.4 Å². The number of para-hydroxylation sites is 1. The SMILES string of the molecule is C[C@H]1CNCCN1C(=O)c1cc(-c2cccs2)n(-c2ccccc2)n1. The Morgan fingerprint density at radius 2 is 2.08 bits per heavy atom. The van der Waals surface area contributed by atoms with Crippen molar-refractivity contribution >= 4 is 17.2 Å². The number of nitrogens with one attached hydrogen (secondary N) is 1. The van der Waals surface area contributed by atoms with Crippen molar-refractivity contribution in [3.05, 3.63) is 59.6 Å². The lowest BCUT2D eigenvalue weighted by molar-refractivity contribution is 0.0649. The second-order valence-corrected chi connectivity index (χ2v) is 7.14. The topological polar surface area (TPSA) is 50.2 Å². The molecule has 1 aromatic carbocycles. The van der Waals surface area contributed by atoms with Crippen molar-refractivity contribution in [2.45, 2.75) is 13.0 Å². The molecule has 1 fully saturated rings.